The van der Waals surface area contributed by atoms with E-state index in [1.165, 1.54) is 0 Å². The fourth-order valence-electron chi connectivity index (χ4n) is 1.93. The van der Waals surface area contributed by atoms with Crippen LogP contribution in [-0.2, 0) is 11.3 Å². The summed E-state index contributed by atoms with van der Waals surface area (Å²) in [5, 5.41) is 14.0. The molecule has 6 heteroatoms. The van der Waals surface area contributed by atoms with Gasteiger partial charge in [0.25, 0.3) is 0 Å². The Morgan fingerprint density at radius 1 is 1.50 bits per heavy atom. The van der Waals surface area contributed by atoms with Crippen LogP contribution in [0.5, 0.6) is 0 Å². The van der Waals surface area contributed by atoms with Gasteiger partial charge in [0.05, 0.1) is 6.54 Å². The molecule has 0 aromatic carbocycles. The molecule has 2 N–H and O–H groups in total. The highest BCUT2D eigenvalue weighted by Gasteiger charge is 2.17. The number of nitrogens with one attached hydrogen (secondary N) is 2. The predicted molar refractivity (Wildman–Crippen MR) is 65.8 cm³/mol. The van der Waals surface area contributed by atoms with Gasteiger partial charge in [0.1, 0.15) is 6.04 Å². The number of hydrogen-bond donors (Lipinski definition) is 2. The number of amides is 1. The van der Waals surface area contributed by atoms with E-state index in [4.69, 9.17) is 0 Å². The van der Waals surface area contributed by atoms with Gasteiger partial charge >= 0.3 is 0 Å². The van der Waals surface area contributed by atoms with Gasteiger partial charge in [-0.2, -0.15) is 0 Å². The van der Waals surface area contributed by atoms with Gasteiger partial charge in [0, 0.05) is 12.7 Å². The molecule has 0 saturated carbocycles. The van der Waals surface area contributed by atoms with E-state index >= 15 is 0 Å². The normalized spacial score (nSPS) is 18.3. The van der Waals surface area contributed by atoms with Crippen molar-refractivity contribution in [2.75, 3.05) is 6.54 Å². The molecule has 2 aromatic rings. The maximum absolute atomic E-state index is 11.8. The van der Waals surface area contributed by atoms with E-state index in [0.29, 0.717) is 6.54 Å². The van der Waals surface area contributed by atoms with Crippen LogP contribution >= 0.6 is 0 Å². The number of pyridine rings is 1. The van der Waals surface area contributed by atoms with E-state index in [-0.39, 0.29) is 11.9 Å². The maximum Gasteiger partial charge on any atom is 0.241 e. The Kier molecular flexibility index (Phi) is 2.77. The highest BCUT2D eigenvalue weighted by molar-refractivity contribution is 5.84. The molecule has 0 bridgehead atoms. The van der Waals surface area contributed by atoms with E-state index in [9.17, 15) is 4.79 Å². The molecule has 0 radical (unpaired) electrons. The molecule has 3 rings (SSSR count). The van der Waals surface area contributed by atoms with Crippen LogP contribution in [0.25, 0.3) is 5.65 Å². The number of rotatable bonds is 3. The fraction of sp³-hybridized carbons (Fsp3) is 0.250. The second kappa shape index (κ2) is 4.58. The van der Waals surface area contributed by atoms with Gasteiger partial charge in [-0.1, -0.05) is 18.2 Å². The summed E-state index contributed by atoms with van der Waals surface area (Å²) in [5.41, 5.74) is 0.778. The molecule has 1 aliphatic heterocycles. The smallest absolute Gasteiger partial charge is 0.241 e. The lowest BCUT2D eigenvalue weighted by Crippen LogP contribution is -2.40. The van der Waals surface area contributed by atoms with Crippen LogP contribution in [0.15, 0.2) is 36.5 Å². The van der Waals surface area contributed by atoms with Crippen molar-refractivity contribution in [2.45, 2.75) is 12.6 Å². The Morgan fingerprint density at radius 3 is 3.28 bits per heavy atom. The Balaban J connectivity index is 1.69. The summed E-state index contributed by atoms with van der Waals surface area (Å²) in [7, 11) is 0. The molecule has 0 aliphatic carbocycles. The lowest BCUT2D eigenvalue weighted by molar-refractivity contribution is -0.122. The largest absolute Gasteiger partial charge is 0.347 e. The molecule has 6 nitrogen and oxygen atoms in total. The Morgan fingerprint density at radius 2 is 2.44 bits per heavy atom. The monoisotopic (exact) mass is 243 g/mol. The van der Waals surface area contributed by atoms with E-state index in [1.807, 2.05) is 40.9 Å². The summed E-state index contributed by atoms with van der Waals surface area (Å²) >= 11 is 0. The quantitative estimate of drug-likeness (QED) is 0.737. The van der Waals surface area contributed by atoms with Crippen LogP contribution in [-0.4, -0.2) is 33.1 Å². The third-order valence-corrected chi connectivity index (χ3v) is 2.87. The summed E-state index contributed by atoms with van der Waals surface area (Å²) < 4.78 is 1.86. The number of aromatic nitrogens is 3. The maximum atomic E-state index is 11.8. The summed E-state index contributed by atoms with van der Waals surface area (Å²) in [5.74, 6) is 0.678. The fourth-order valence-corrected chi connectivity index (χ4v) is 1.93. The lowest BCUT2D eigenvalue weighted by Gasteiger charge is -2.09. The summed E-state index contributed by atoms with van der Waals surface area (Å²) in [6.45, 7) is 1.11. The first-order valence-corrected chi connectivity index (χ1v) is 5.81. The first-order chi connectivity index (χ1) is 8.84. The number of carbonyl (C=O) groups excluding carboxylic acids is 1. The standard InChI is InChI=1S/C12H13N5O/c18-12(9-4-3-6-13-9)14-8-11-16-15-10-5-1-2-7-17(10)11/h1-5,7,9,13H,6,8H2,(H,14,18)/t9-/m1/s1. The summed E-state index contributed by atoms with van der Waals surface area (Å²) in [6, 6.07) is 5.45. The Labute approximate surface area is 104 Å². The van der Waals surface area contributed by atoms with Gasteiger partial charge in [-0.15, -0.1) is 10.2 Å². The molecule has 1 aliphatic rings. The lowest BCUT2D eigenvalue weighted by atomic mass is 10.3. The van der Waals surface area contributed by atoms with E-state index < -0.39 is 0 Å². The van der Waals surface area contributed by atoms with Gasteiger partial charge in [-0.05, 0) is 12.1 Å². The van der Waals surface area contributed by atoms with E-state index in [2.05, 4.69) is 20.8 Å². The molecular weight excluding hydrogens is 230 g/mol. The van der Waals surface area contributed by atoms with Gasteiger partial charge in [0.15, 0.2) is 11.5 Å². The number of carbonyl (C=O) groups is 1. The molecule has 92 valence electrons. The van der Waals surface area contributed by atoms with Gasteiger partial charge in [0.2, 0.25) is 5.91 Å². The molecule has 18 heavy (non-hydrogen) atoms. The predicted octanol–water partition coefficient (Wildman–Crippen LogP) is -0.127. The van der Waals surface area contributed by atoms with Crippen molar-refractivity contribution in [3.8, 4) is 0 Å². The van der Waals surface area contributed by atoms with Crippen molar-refractivity contribution in [3.05, 3.63) is 42.4 Å². The first kappa shape index (κ1) is 10.9. The van der Waals surface area contributed by atoms with Crippen molar-refractivity contribution in [3.63, 3.8) is 0 Å². The minimum atomic E-state index is -0.232. The second-order valence-corrected chi connectivity index (χ2v) is 4.08. The van der Waals surface area contributed by atoms with Crippen LogP contribution in [0, 0.1) is 0 Å². The third kappa shape index (κ3) is 1.98. The third-order valence-electron chi connectivity index (χ3n) is 2.87. The first-order valence-electron chi connectivity index (χ1n) is 5.81. The van der Waals surface area contributed by atoms with Gasteiger partial charge < -0.3 is 5.32 Å². The van der Waals surface area contributed by atoms with Crippen LogP contribution in [0.3, 0.4) is 0 Å². The van der Waals surface area contributed by atoms with E-state index in [1.54, 1.807) is 0 Å². The van der Waals surface area contributed by atoms with Crippen molar-refractivity contribution in [1.29, 1.82) is 0 Å². The average molecular weight is 243 g/mol. The topological polar surface area (TPSA) is 71.3 Å². The van der Waals surface area contributed by atoms with Crippen LogP contribution in [0.1, 0.15) is 5.82 Å². The van der Waals surface area contributed by atoms with Crippen molar-refractivity contribution >= 4 is 11.6 Å². The van der Waals surface area contributed by atoms with Crippen LogP contribution in [0.2, 0.25) is 0 Å². The zero-order chi connectivity index (χ0) is 12.4. The summed E-state index contributed by atoms with van der Waals surface area (Å²) in [4.78, 5) is 11.8. The van der Waals surface area contributed by atoms with Crippen molar-refractivity contribution in [2.24, 2.45) is 0 Å². The van der Waals surface area contributed by atoms with Gasteiger partial charge in [-0.25, -0.2) is 0 Å². The Bertz CT molecular complexity index is 603. The molecule has 0 fully saturated rings. The Hall–Kier alpha value is -2.21. The van der Waals surface area contributed by atoms with Crippen LogP contribution in [0.4, 0.5) is 0 Å². The molecule has 1 amide bonds. The minimum Gasteiger partial charge on any atom is -0.347 e. The van der Waals surface area contributed by atoms with Gasteiger partial charge in [-0.3, -0.25) is 14.5 Å². The molecule has 3 heterocycles. The number of nitrogens with zero attached hydrogens (tertiary/aromatic N) is 3. The molecular formula is C12H13N5O. The van der Waals surface area contributed by atoms with Crippen molar-refractivity contribution < 1.29 is 4.79 Å². The van der Waals surface area contributed by atoms with Crippen molar-refractivity contribution in [1.82, 2.24) is 25.2 Å². The number of fused-ring (bicyclic) bond motifs is 1. The highest BCUT2D eigenvalue weighted by atomic mass is 16.2. The molecule has 2 aromatic heterocycles. The zero-order valence-corrected chi connectivity index (χ0v) is 9.71. The van der Waals surface area contributed by atoms with Crippen LogP contribution < -0.4 is 10.6 Å². The highest BCUT2D eigenvalue weighted by Crippen LogP contribution is 2.02. The van der Waals surface area contributed by atoms with E-state index in [0.717, 1.165) is 18.0 Å². The average Bonchev–Trinajstić information content (AvgIpc) is 3.06. The number of hydrogen-bond acceptors (Lipinski definition) is 4. The molecule has 0 spiro atoms. The SMILES string of the molecule is O=C(NCc1nnc2ccccn12)[C@H]1C=CCN1. The second-order valence-electron chi connectivity index (χ2n) is 4.08. The molecule has 0 saturated heterocycles. The molecule has 0 unspecified atom stereocenters. The zero-order valence-electron chi connectivity index (χ0n) is 9.71. The minimum absolute atomic E-state index is 0.0450. The molecule has 1 atom stereocenters. The summed E-state index contributed by atoms with van der Waals surface area (Å²) in [6.07, 6.45) is 5.68.